The molecule has 0 fully saturated rings. The van der Waals surface area contributed by atoms with Crippen molar-refractivity contribution in [3.8, 4) is 11.8 Å². The number of allylic oxidation sites excluding steroid dienone is 1. The van der Waals surface area contributed by atoms with Gasteiger partial charge in [-0.2, -0.15) is 5.26 Å². The van der Waals surface area contributed by atoms with E-state index in [2.05, 4.69) is 6.07 Å². The van der Waals surface area contributed by atoms with Gasteiger partial charge in [0.25, 0.3) is 0 Å². The molecule has 0 N–H and O–H groups in total. The van der Waals surface area contributed by atoms with Gasteiger partial charge in [0, 0.05) is 10.6 Å². The summed E-state index contributed by atoms with van der Waals surface area (Å²) in [5.41, 5.74) is 3.07. The Kier molecular flexibility index (Phi) is 5.96. The van der Waals surface area contributed by atoms with Crippen molar-refractivity contribution in [2.75, 3.05) is 0 Å². The highest BCUT2D eigenvalue weighted by atomic mass is 35.5. The molecule has 128 valence electrons. The Balaban J connectivity index is 1.82. The van der Waals surface area contributed by atoms with E-state index in [4.69, 9.17) is 27.9 Å². The first-order valence-corrected chi connectivity index (χ1v) is 8.75. The second kappa shape index (κ2) is 8.58. The van der Waals surface area contributed by atoms with Crippen LogP contribution in [0.1, 0.15) is 16.7 Å². The van der Waals surface area contributed by atoms with Gasteiger partial charge in [0.05, 0.1) is 16.7 Å². The summed E-state index contributed by atoms with van der Waals surface area (Å²) in [6, 6.07) is 24.8. The van der Waals surface area contributed by atoms with Crippen LogP contribution in [0.2, 0.25) is 10.0 Å². The minimum atomic E-state index is 0.446. The van der Waals surface area contributed by atoms with Gasteiger partial charge in [-0.3, -0.25) is 0 Å². The van der Waals surface area contributed by atoms with Crippen LogP contribution in [-0.4, -0.2) is 0 Å². The van der Waals surface area contributed by atoms with Crippen molar-refractivity contribution in [2.45, 2.75) is 6.61 Å². The highest BCUT2D eigenvalue weighted by Gasteiger charge is 2.07. The van der Waals surface area contributed by atoms with E-state index < -0.39 is 0 Å². The van der Waals surface area contributed by atoms with Crippen molar-refractivity contribution in [3.63, 3.8) is 0 Å². The quantitative estimate of drug-likeness (QED) is 0.367. The Morgan fingerprint density at radius 3 is 2.50 bits per heavy atom. The zero-order valence-corrected chi connectivity index (χ0v) is 15.3. The standard InChI is InChI=1S/C22H15Cl2NO/c23-19-9-10-21(22(24)13-19)18(14-25)11-17-7-4-8-20(12-17)26-15-16-5-2-1-3-6-16/h1-13H,15H2/b18-11+. The number of halogens is 2. The molecule has 0 radical (unpaired) electrons. The van der Waals surface area contributed by atoms with Crippen LogP contribution in [0.5, 0.6) is 5.75 Å². The molecule has 0 aromatic heterocycles. The highest BCUT2D eigenvalue weighted by molar-refractivity contribution is 6.36. The number of hydrogen-bond acceptors (Lipinski definition) is 2. The van der Waals surface area contributed by atoms with E-state index >= 15 is 0 Å². The predicted octanol–water partition coefficient (Wildman–Crippen LogP) is 6.64. The lowest BCUT2D eigenvalue weighted by Crippen LogP contribution is -1.95. The van der Waals surface area contributed by atoms with Crippen LogP contribution in [-0.2, 0) is 6.61 Å². The maximum atomic E-state index is 9.51. The Hall–Kier alpha value is -2.73. The molecule has 0 bridgehead atoms. The lowest BCUT2D eigenvalue weighted by molar-refractivity contribution is 0.306. The molecule has 3 aromatic rings. The number of rotatable bonds is 5. The fourth-order valence-electron chi connectivity index (χ4n) is 2.48. The van der Waals surface area contributed by atoms with Crippen LogP contribution < -0.4 is 4.74 Å². The first-order valence-electron chi connectivity index (χ1n) is 8.00. The van der Waals surface area contributed by atoms with Gasteiger partial charge in [-0.15, -0.1) is 0 Å². The van der Waals surface area contributed by atoms with E-state index in [-0.39, 0.29) is 0 Å². The topological polar surface area (TPSA) is 33.0 Å². The van der Waals surface area contributed by atoms with Crippen LogP contribution >= 0.6 is 23.2 Å². The molecule has 26 heavy (non-hydrogen) atoms. The minimum absolute atomic E-state index is 0.446. The first-order chi connectivity index (χ1) is 12.7. The molecule has 0 aliphatic carbocycles. The molecule has 0 saturated carbocycles. The number of hydrogen-bond donors (Lipinski definition) is 0. The van der Waals surface area contributed by atoms with Crippen molar-refractivity contribution >= 4 is 34.9 Å². The van der Waals surface area contributed by atoms with Crippen molar-refractivity contribution in [1.29, 1.82) is 5.26 Å². The molecule has 0 unspecified atom stereocenters. The van der Waals surface area contributed by atoms with Gasteiger partial charge in [-0.05, 0) is 41.5 Å². The molecule has 0 atom stereocenters. The predicted molar refractivity (Wildman–Crippen MR) is 107 cm³/mol. The van der Waals surface area contributed by atoms with Gasteiger partial charge in [-0.25, -0.2) is 0 Å². The lowest BCUT2D eigenvalue weighted by atomic mass is 10.0. The monoisotopic (exact) mass is 379 g/mol. The number of ether oxygens (including phenoxy) is 1. The fraction of sp³-hybridized carbons (Fsp3) is 0.0455. The summed E-state index contributed by atoms with van der Waals surface area (Å²) in [7, 11) is 0. The van der Waals surface area contributed by atoms with Gasteiger partial charge in [0.2, 0.25) is 0 Å². The average Bonchev–Trinajstić information content (AvgIpc) is 2.66. The summed E-state index contributed by atoms with van der Waals surface area (Å²) in [6.07, 6.45) is 1.78. The molecule has 0 amide bonds. The summed E-state index contributed by atoms with van der Waals surface area (Å²) >= 11 is 12.1. The molecule has 2 nitrogen and oxygen atoms in total. The third-order valence-electron chi connectivity index (χ3n) is 3.76. The SMILES string of the molecule is N#C/C(=C\c1cccc(OCc2ccccc2)c1)c1ccc(Cl)cc1Cl. The summed E-state index contributed by atoms with van der Waals surface area (Å²) < 4.78 is 5.84. The third kappa shape index (κ3) is 4.67. The Morgan fingerprint density at radius 2 is 1.77 bits per heavy atom. The van der Waals surface area contributed by atoms with Gasteiger partial charge >= 0.3 is 0 Å². The molecule has 3 aromatic carbocycles. The highest BCUT2D eigenvalue weighted by Crippen LogP contribution is 2.28. The molecular weight excluding hydrogens is 365 g/mol. The smallest absolute Gasteiger partial charge is 0.120 e. The normalized spacial score (nSPS) is 11.0. The molecule has 0 heterocycles. The van der Waals surface area contributed by atoms with Crippen LogP contribution in [0, 0.1) is 11.3 Å². The van der Waals surface area contributed by atoms with Crippen molar-refractivity contribution < 1.29 is 4.74 Å². The van der Waals surface area contributed by atoms with E-state index in [1.165, 1.54) is 0 Å². The molecule has 0 saturated heterocycles. The zero-order valence-electron chi connectivity index (χ0n) is 13.8. The molecule has 0 spiro atoms. The first kappa shape index (κ1) is 18.1. The Bertz CT molecular complexity index is 975. The average molecular weight is 380 g/mol. The molecule has 0 aliphatic heterocycles. The molecule has 3 rings (SSSR count). The number of benzene rings is 3. The van der Waals surface area contributed by atoms with Gasteiger partial charge in [-0.1, -0.05) is 71.7 Å². The number of nitrogens with zero attached hydrogens (tertiary/aromatic N) is 1. The van der Waals surface area contributed by atoms with Crippen molar-refractivity contribution in [2.24, 2.45) is 0 Å². The van der Waals surface area contributed by atoms with Crippen LogP contribution in [0.3, 0.4) is 0 Å². The molecular formula is C22H15Cl2NO. The largest absolute Gasteiger partial charge is 0.489 e. The minimum Gasteiger partial charge on any atom is -0.489 e. The fourth-order valence-corrected chi connectivity index (χ4v) is 2.99. The molecule has 0 aliphatic rings. The Labute approximate surface area is 162 Å². The van der Waals surface area contributed by atoms with Gasteiger partial charge < -0.3 is 4.74 Å². The van der Waals surface area contributed by atoms with E-state index in [1.54, 1.807) is 24.3 Å². The maximum absolute atomic E-state index is 9.51. The lowest BCUT2D eigenvalue weighted by Gasteiger charge is -2.08. The van der Waals surface area contributed by atoms with Crippen LogP contribution in [0.15, 0.2) is 72.8 Å². The summed E-state index contributed by atoms with van der Waals surface area (Å²) in [5, 5.41) is 10.5. The van der Waals surface area contributed by atoms with E-state index in [0.29, 0.717) is 27.8 Å². The van der Waals surface area contributed by atoms with Crippen molar-refractivity contribution in [3.05, 3.63) is 99.5 Å². The second-order valence-corrected chi connectivity index (χ2v) is 6.48. The second-order valence-electron chi connectivity index (χ2n) is 5.64. The van der Waals surface area contributed by atoms with Gasteiger partial charge in [0.15, 0.2) is 0 Å². The zero-order chi connectivity index (χ0) is 18.4. The van der Waals surface area contributed by atoms with Crippen LogP contribution in [0.25, 0.3) is 11.6 Å². The van der Waals surface area contributed by atoms with E-state index in [9.17, 15) is 5.26 Å². The Morgan fingerprint density at radius 1 is 0.962 bits per heavy atom. The summed E-state index contributed by atoms with van der Waals surface area (Å²) in [5.74, 6) is 0.738. The molecule has 4 heteroatoms. The van der Waals surface area contributed by atoms with E-state index in [0.717, 1.165) is 16.9 Å². The number of nitriles is 1. The van der Waals surface area contributed by atoms with Crippen molar-refractivity contribution in [1.82, 2.24) is 0 Å². The van der Waals surface area contributed by atoms with Crippen LogP contribution in [0.4, 0.5) is 0 Å². The summed E-state index contributed by atoms with van der Waals surface area (Å²) in [4.78, 5) is 0. The maximum Gasteiger partial charge on any atom is 0.120 e. The summed E-state index contributed by atoms with van der Waals surface area (Å²) in [6.45, 7) is 0.488. The third-order valence-corrected chi connectivity index (χ3v) is 4.31. The van der Waals surface area contributed by atoms with Gasteiger partial charge in [0.1, 0.15) is 12.4 Å². The van der Waals surface area contributed by atoms with E-state index in [1.807, 2.05) is 54.6 Å².